The standard InChI is InChI=1S/C13H23N5O3S.HI/c1-3-5-15-13(14-2)17-6-8-18(9-7-17)22(19,20)11-12-4-10-21-16-12;/h4,10H,3,5-9,11H2,1-2H3,(H,14,15);1H. The van der Waals surface area contributed by atoms with Gasteiger partial charge in [-0.15, -0.1) is 24.0 Å². The Balaban J connectivity index is 0.00000264. The van der Waals surface area contributed by atoms with Crippen LogP contribution in [0.1, 0.15) is 19.0 Å². The molecule has 132 valence electrons. The Hall–Kier alpha value is -0.880. The van der Waals surface area contributed by atoms with Crippen LogP contribution in [0.3, 0.4) is 0 Å². The molecule has 10 heteroatoms. The zero-order valence-corrected chi connectivity index (χ0v) is 16.6. The van der Waals surface area contributed by atoms with E-state index in [1.165, 1.54) is 10.6 Å². The molecule has 0 amide bonds. The molecule has 8 nitrogen and oxygen atoms in total. The summed E-state index contributed by atoms with van der Waals surface area (Å²) in [5.74, 6) is 0.710. The third kappa shape index (κ3) is 5.60. The highest BCUT2D eigenvalue weighted by Gasteiger charge is 2.28. The molecule has 23 heavy (non-hydrogen) atoms. The SMILES string of the molecule is CCCNC(=NC)N1CCN(S(=O)(=O)Cc2ccon2)CC1.I. The largest absolute Gasteiger partial charge is 0.364 e. The minimum Gasteiger partial charge on any atom is -0.364 e. The summed E-state index contributed by atoms with van der Waals surface area (Å²) in [6.07, 6.45) is 2.40. The molecule has 0 aromatic carbocycles. The number of piperazine rings is 1. The molecule has 2 rings (SSSR count). The van der Waals surface area contributed by atoms with Crippen LogP contribution >= 0.6 is 24.0 Å². The summed E-state index contributed by atoms with van der Waals surface area (Å²) >= 11 is 0. The number of halogens is 1. The number of guanidine groups is 1. The topological polar surface area (TPSA) is 91.0 Å². The van der Waals surface area contributed by atoms with E-state index in [0.29, 0.717) is 31.9 Å². The highest BCUT2D eigenvalue weighted by atomic mass is 127. The summed E-state index contributed by atoms with van der Waals surface area (Å²) < 4.78 is 30.9. The molecule has 1 aromatic heterocycles. The smallest absolute Gasteiger partial charge is 0.220 e. The summed E-state index contributed by atoms with van der Waals surface area (Å²) in [5.41, 5.74) is 0.433. The lowest BCUT2D eigenvalue weighted by Crippen LogP contribution is -2.53. The van der Waals surface area contributed by atoms with Crippen molar-refractivity contribution >= 4 is 40.0 Å². The predicted octanol–water partition coefficient (Wildman–Crippen LogP) is 0.725. The average Bonchev–Trinajstić information content (AvgIpc) is 3.01. The van der Waals surface area contributed by atoms with Crippen molar-refractivity contribution in [2.45, 2.75) is 19.1 Å². The molecule has 2 heterocycles. The molecule has 1 N–H and O–H groups in total. The maximum atomic E-state index is 12.4. The average molecular weight is 457 g/mol. The Morgan fingerprint density at radius 2 is 2.09 bits per heavy atom. The van der Waals surface area contributed by atoms with E-state index < -0.39 is 10.0 Å². The molecule has 1 aromatic rings. The number of sulfonamides is 1. The first-order valence-electron chi connectivity index (χ1n) is 7.39. The Morgan fingerprint density at radius 3 is 2.61 bits per heavy atom. The fraction of sp³-hybridized carbons (Fsp3) is 0.692. The number of hydrogen-bond acceptors (Lipinski definition) is 5. The van der Waals surface area contributed by atoms with Crippen LogP contribution in [-0.4, -0.2) is 68.5 Å². The lowest BCUT2D eigenvalue weighted by molar-refractivity contribution is 0.260. The van der Waals surface area contributed by atoms with Gasteiger partial charge in [-0.3, -0.25) is 4.99 Å². The third-order valence-electron chi connectivity index (χ3n) is 3.50. The van der Waals surface area contributed by atoms with Crippen LogP contribution in [0.4, 0.5) is 0 Å². The molecule has 0 unspecified atom stereocenters. The van der Waals surface area contributed by atoms with Crippen LogP contribution in [0, 0.1) is 0 Å². The summed E-state index contributed by atoms with van der Waals surface area (Å²) in [4.78, 5) is 6.32. The molecule has 0 aliphatic carbocycles. The lowest BCUT2D eigenvalue weighted by atomic mass is 10.4. The molecule has 0 radical (unpaired) electrons. The normalized spacial score (nSPS) is 17.0. The van der Waals surface area contributed by atoms with Crippen molar-refractivity contribution in [1.82, 2.24) is 19.7 Å². The maximum absolute atomic E-state index is 12.4. The molecular weight excluding hydrogens is 433 g/mol. The Bertz CT molecular complexity index is 583. The van der Waals surface area contributed by atoms with Gasteiger partial charge < -0.3 is 14.7 Å². The van der Waals surface area contributed by atoms with E-state index in [1.54, 1.807) is 13.1 Å². The van der Waals surface area contributed by atoms with Gasteiger partial charge in [-0.25, -0.2) is 8.42 Å². The minimum absolute atomic E-state index is 0. The van der Waals surface area contributed by atoms with E-state index in [0.717, 1.165) is 18.9 Å². The number of hydrogen-bond donors (Lipinski definition) is 1. The van der Waals surface area contributed by atoms with Crippen molar-refractivity contribution in [2.75, 3.05) is 39.8 Å². The minimum atomic E-state index is -3.36. The van der Waals surface area contributed by atoms with Crippen molar-refractivity contribution in [1.29, 1.82) is 0 Å². The van der Waals surface area contributed by atoms with E-state index in [4.69, 9.17) is 0 Å². The van der Waals surface area contributed by atoms with Gasteiger partial charge >= 0.3 is 0 Å². The first-order valence-corrected chi connectivity index (χ1v) is 9.00. The fourth-order valence-corrected chi connectivity index (χ4v) is 3.76. The van der Waals surface area contributed by atoms with E-state index in [2.05, 4.69) is 31.8 Å². The van der Waals surface area contributed by atoms with E-state index in [-0.39, 0.29) is 29.7 Å². The van der Waals surface area contributed by atoms with Crippen molar-refractivity contribution < 1.29 is 12.9 Å². The first-order chi connectivity index (χ1) is 10.6. The van der Waals surface area contributed by atoms with Crippen LogP contribution in [0.5, 0.6) is 0 Å². The van der Waals surface area contributed by atoms with Gasteiger partial charge in [0.25, 0.3) is 0 Å². The van der Waals surface area contributed by atoms with E-state index in [9.17, 15) is 8.42 Å². The second-order valence-corrected chi connectivity index (χ2v) is 7.08. The Kier molecular flexibility index (Phi) is 8.26. The highest BCUT2D eigenvalue weighted by Crippen LogP contribution is 2.12. The quantitative estimate of drug-likeness (QED) is 0.398. The van der Waals surface area contributed by atoms with Crippen molar-refractivity contribution in [3.63, 3.8) is 0 Å². The van der Waals surface area contributed by atoms with E-state index >= 15 is 0 Å². The van der Waals surface area contributed by atoms with Gasteiger partial charge in [-0.2, -0.15) is 4.31 Å². The zero-order chi connectivity index (χ0) is 16.0. The monoisotopic (exact) mass is 457 g/mol. The zero-order valence-electron chi connectivity index (χ0n) is 13.4. The van der Waals surface area contributed by atoms with Crippen LogP contribution in [0.2, 0.25) is 0 Å². The molecule has 1 aliphatic rings. The second kappa shape index (κ2) is 9.42. The Labute approximate surface area is 154 Å². The van der Waals surface area contributed by atoms with Crippen LogP contribution in [0.25, 0.3) is 0 Å². The molecule has 1 saturated heterocycles. The number of nitrogens with one attached hydrogen (secondary N) is 1. The maximum Gasteiger partial charge on any atom is 0.220 e. The molecule has 1 aliphatic heterocycles. The predicted molar refractivity (Wildman–Crippen MR) is 99.3 cm³/mol. The number of aromatic nitrogens is 1. The molecule has 0 saturated carbocycles. The van der Waals surface area contributed by atoms with Gasteiger partial charge in [-0.1, -0.05) is 12.1 Å². The van der Waals surface area contributed by atoms with Crippen LogP contribution < -0.4 is 5.32 Å². The van der Waals surface area contributed by atoms with Gasteiger partial charge in [0.15, 0.2) is 5.96 Å². The van der Waals surface area contributed by atoms with Gasteiger partial charge in [0.1, 0.15) is 12.0 Å². The van der Waals surface area contributed by atoms with Gasteiger partial charge in [0.2, 0.25) is 10.0 Å². The molecule has 0 bridgehead atoms. The first kappa shape index (κ1) is 20.2. The van der Waals surface area contributed by atoms with Crippen molar-refractivity contribution in [2.24, 2.45) is 4.99 Å². The van der Waals surface area contributed by atoms with E-state index in [1.807, 2.05) is 0 Å². The number of rotatable bonds is 5. The summed E-state index contributed by atoms with van der Waals surface area (Å²) in [6, 6.07) is 1.57. The van der Waals surface area contributed by atoms with Crippen LogP contribution in [-0.2, 0) is 15.8 Å². The van der Waals surface area contributed by atoms with Gasteiger partial charge in [-0.05, 0) is 6.42 Å². The van der Waals surface area contributed by atoms with Gasteiger partial charge in [0, 0.05) is 45.8 Å². The van der Waals surface area contributed by atoms with Gasteiger partial charge in [0.05, 0.1) is 5.69 Å². The third-order valence-corrected chi connectivity index (χ3v) is 5.31. The summed E-state index contributed by atoms with van der Waals surface area (Å²) in [5, 5.41) is 6.93. The molecule has 1 fully saturated rings. The fourth-order valence-electron chi connectivity index (χ4n) is 2.34. The second-order valence-electron chi connectivity index (χ2n) is 5.11. The summed E-state index contributed by atoms with van der Waals surface area (Å²) in [6.45, 7) is 5.11. The lowest BCUT2D eigenvalue weighted by Gasteiger charge is -2.35. The van der Waals surface area contributed by atoms with Crippen molar-refractivity contribution in [3.8, 4) is 0 Å². The molecular formula is C13H24IN5O3S. The Morgan fingerprint density at radius 1 is 1.39 bits per heavy atom. The number of aliphatic imine (C=N–C) groups is 1. The number of nitrogens with zero attached hydrogens (tertiary/aromatic N) is 4. The highest BCUT2D eigenvalue weighted by molar-refractivity contribution is 14.0. The van der Waals surface area contributed by atoms with Crippen molar-refractivity contribution in [3.05, 3.63) is 18.0 Å². The molecule has 0 spiro atoms. The summed E-state index contributed by atoms with van der Waals surface area (Å²) in [7, 11) is -1.61. The van der Waals surface area contributed by atoms with Crippen LogP contribution in [0.15, 0.2) is 21.8 Å². The molecule has 0 atom stereocenters.